The molecule has 1 aliphatic rings. The highest BCUT2D eigenvalue weighted by molar-refractivity contribution is 7.91. The summed E-state index contributed by atoms with van der Waals surface area (Å²) in [5.41, 5.74) is 0. The third-order valence-corrected chi connectivity index (χ3v) is 6.01. The first kappa shape index (κ1) is 14.6. The molecule has 0 aliphatic heterocycles. The van der Waals surface area contributed by atoms with Crippen molar-refractivity contribution >= 4 is 21.4 Å². The van der Waals surface area contributed by atoms with Gasteiger partial charge >= 0.3 is 0 Å². The van der Waals surface area contributed by atoms with E-state index in [-0.39, 0.29) is 6.54 Å². The van der Waals surface area contributed by atoms with E-state index >= 15 is 0 Å². The molecule has 1 aliphatic carbocycles. The second-order valence-corrected chi connectivity index (χ2v) is 8.09. The van der Waals surface area contributed by atoms with Crippen LogP contribution >= 0.6 is 11.3 Å². The van der Waals surface area contributed by atoms with Crippen LogP contribution in [0.1, 0.15) is 29.4 Å². The predicted octanol–water partition coefficient (Wildman–Crippen LogP) is 1.17. The third-order valence-electron chi connectivity index (χ3n) is 3.03. The molecule has 0 atom stereocenters. The number of nitrogens with zero attached hydrogens (tertiary/aromatic N) is 2. The van der Waals surface area contributed by atoms with Crippen molar-refractivity contribution in [2.24, 2.45) is 0 Å². The fraction of sp³-hybridized carbons (Fsp3) is 0.500. The molecule has 2 N–H and O–H groups in total. The Hall–Kier alpha value is -1.29. The van der Waals surface area contributed by atoms with Gasteiger partial charge in [-0.2, -0.15) is 4.98 Å². The topological polar surface area (TPSA) is 97.1 Å². The molecule has 0 aromatic carbocycles. The van der Waals surface area contributed by atoms with E-state index in [1.165, 1.54) is 24.2 Å². The van der Waals surface area contributed by atoms with Gasteiger partial charge in [0.2, 0.25) is 15.9 Å². The van der Waals surface area contributed by atoms with Gasteiger partial charge < -0.3 is 9.84 Å². The summed E-state index contributed by atoms with van der Waals surface area (Å²) in [7, 11) is -3.53. The Labute approximate surface area is 126 Å². The van der Waals surface area contributed by atoms with Crippen molar-refractivity contribution in [3.05, 3.63) is 28.7 Å². The average Bonchev–Trinajstić information content (AvgIpc) is 2.97. The second kappa shape index (κ2) is 5.84. The van der Waals surface area contributed by atoms with E-state index in [1.54, 1.807) is 13.0 Å². The molecule has 0 amide bonds. The molecule has 2 aromatic rings. The normalized spacial score (nSPS) is 15.5. The Morgan fingerprint density at radius 3 is 2.86 bits per heavy atom. The lowest BCUT2D eigenvalue weighted by molar-refractivity contribution is 0.387. The Balaban J connectivity index is 1.60. The average molecular weight is 328 g/mol. The van der Waals surface area contributed by atoms with Crippen molar-refractivity contribution in [2.75, 3.05) is 0 Å². The third kappa shape index (κ3) is 3.88. The van der Waals surface area contributed by atoms with Crippen molar-refractivity contribution in [1.82, 2.24) is 20.2 Å². The van der Waals surface area contributed by atoms with Gasteiger partial charge in [0.25, 0.3) is 0 Å². The van der Waals surface area contributed by atoms with E-state index in [1.807, 2.05) is 6.07 Å². The summed E-state index contributed by atoms with van der Waals surface area (Å²) in [6.45, 7) is 2.39. The number of thiophene rings is 1. The molecule has 0 radical (unpaired) electrons. The van der Waals surface area contributed by atoms with Gasteiger partial charge in [-0.15, -0.1) is 11.3 Å². The van der Waals surface area contributed by atoms with E-state index in [0.717, 1.165) is 11.4 Å². The van der Waals surface area contributed by atoms with Crippen LogP contribution in [0.5, 0.6) is 0 Å². The molecule has 0 bridgehead atoms. The van der Waals surface area contributed by atoms with Crippen molar-refractivity contribution < 1.29 is 12.9 Å². The van der Waals surface area contributed by atoms with Crippen LogP contribution in [-0.2, 0) is 23.1 Å². The number of hydrogen-bond donors (Lipinski definition) is 2. The first-order chi connectivity index (χ1) is 10.0. The molecule has 0 spiro atoms. The van der Waals surface area contributed by atoms with E-state index in [0.29, 0.717) is 22.0 Å². The summed E-state index contributed by atoms with van der Waals surface area (Å²) in [5, 5.41) is 7.01. The van der Waals surface area contributed by atoms with Gasteiger partial charge in [0.1, 0.15) is 4.21 Å². The Morgan fingerprint density at radius 2 is 2.19 bits per heavy atom. The predicted molar refractivity (Wildman–Crippen MR) is 77.2 cm³/mol. The van der Waals surface area contributed by atoms with Gasteiger partial charge in [-0.05, 0) is 25.0 Å². The molecule has 21 heavy (non-hydrogen) atoms. The molecule has 114 valence electrons. The van der Waals surface area contributed by atoms with E-state index < -0.39 is 10.0 Å². The van der Waals surface area contributed by atoms with Gasteiger partial charge in [-0.25, -0.2) is 13.1 Å². The summed E-state index contributed by atoms with van der Waals surface area (Å²) in [5.74, 6) is 0.733. The molecule has 2 heterocycles. The van der Waals surface area contributed by atoms with Crippen LogP contribution in [0.4, 0.5) is 0 Å². The summed E-state index contributed by atoms with van der Waals surface area (Å²) in [4.78, 5) is 4.97. The molecular formula is C12H16N4O3S2. The Kier molecular flexibility index (Phi) is 4.07. The number of aromatic nitrogens is 2. The highest BCUT2D eigenvalue weighted by atomic mass is 32.2. The minimum atomic E-state index is -3.53. The molecule has 0 saturated heterocycles. The SMILES string of the molecule is Cc1nc(CNS(=O)(=O)c2ccc(CNC3CC3)s2)no1. The fourth-order valence-corrected chi connectivity index (χ4v) is 4.11. The van der Waals surface area contributed by atoms with Crippen LogP contribution in [0.15, 0.2) is 20.9 Å². The van der Waals surface area contributed by atoms with Crippen molar-refractivity contribution in [3.8, 4) is 0 Å². The van der Waals surface area contributed by atoms with Gasteiger partial charge in [-0.3, -0.25) is 0 Å². The van der Waals surface area contributed by atoms with Crippen molar-refractivity contribution in [1.29, 1.82) is 0 Å². The molecule has 3 rings (SSSR count). The zero-order chi connectivity index (χ0) is 14.9. The minimum absolute atomic E-state index is 0.0211. The maximum atomic E-state index is 12.2. The lowest BCUT2D eigenvalue weighted by atomic mass is 10.4. The van der Waals surface area contributed by atoms with E-state index in [4.69, 9.17) is 4.52 Å². The van der Waals surface area contributed by atoms with Gasteiger partial charge in [0.05, 0.1) is 6.54 Å². The fourth-order valence-electron chi connectivity index (χ4n) is 1.77. The zero-order valence-electron chi connectivity index (χ0n) is 11.5. The highest BCUT2D eigenvalue weighted by Gasteiger charge is 2.21. The lowest BCUT2D eigenvalue weighted by Crippen LogP contribution is -2.23. The molecule has 0 unspecified atom stereocenters. The number of aryl methyl sites for hydroxylation is 1. The largest absolute Gasteiger partial charge is 0.340 e. The summed E-state index contributed by atoms with van der Waals surface area (Å²) >= 11 is 1.27. The summed E-state index contributed by atoms with van der Waals surface area (Å²) in [6, 6.07) is 4.07. The molecule has 1 saturated carbocycles. The smallest absolute Gasteiger partial charge is 0.250 e. The standard InChI is InChI=1S/C12H16N4O3S2/c1-8-15-11(16-19-8)7-14-21(17,18)12-5-4-10(20-12)6-13-9-2-3-9/h4-5,9,13-14H,2-3,6-7H2,1H3. The quantitative estimate of drug-likeness (QED) is 0.792. The van der Waals surface area contributed by atoms with Crippen molar-refractivity contribution in [3.63, 3.8) is 0 Å². The maximum absolute atomic E-state index is 12.2. The molecule has 2 aromatic heterocycles. The monoisotopic (exact) mass is 328 g/mol. The van der Waals surface area contributed by atoms with Crippen LogP contribution in [0.2, 0.25) is 0 Å². The molecular weight excluding hydrogens is 312 g/mol. The first-order valence-corrected chi connectivity index (χ1v) is 8.94. The van der Waals surface area contributed by atoms with Crippen LogP contribution in [-0.4, -0.2) is 24.6 Å². The maximum Gasteiger partial charge on any atom is 0.250 e. The number of rotatable bonds is 7. The Morgan fingerprint density at radius 1 is 1.38 bits per heavy atom. The van der Waals surface area contributed by atoms with Gasteiger partial charge in [0, 0.05) is 24.4 Å². The molecule has 1 fully saturated rings. The summed E-state index contributed by atoms with van der Waals surface area (Å²) in [6.07, 6.45) is 2.42. The van der Waals surface area contributed by atoms with Crippen LogP contribution < -0.4 is 10.0 Å². The number of hydrogen-bond acceptors (Lipinski definition) is 7. The van der Waals surface area contributed by atoms with Crippen LogP contribution in [0, 0.1) is 6.92 Å². The lowest BCUT2D eigenvalue weighted by Gasteiger charge is -2.01. The van der Waals surface area contributed by atoms with Gasteiger partial charge in [0.15, 0.2) is 5.82 Å². The van der Waals surface area contributed by atoms with Crippen LogP contribution in [0.25, 0.3) is 0 Å². The zero-order valence-corrected chi connectivity index (χ0v) is 13.1. The second-order valence-electron chi connectivity index (χ2n) is 4.93. The Bertz CT molecular complexity index is 718. The number of nitrogens with one attached hydrogen (secondary N) is 2. The summed E-state index contributed by atoms with van der Waals surface area (Å²) < 4.78 is 31.9. The van der Waals surface area contributed by atoms with E-state index in [2.05, 4.69) is 20.2 Å². The van der Waals surface area contributed by atoms with Gasteiger partial charge in [-0.1, -0.05) is 5.16 Å². The first-order valence-electron chi connectivity index (χ1n) is 6.64. The highest BCUT2D eigenvalue weighted by Crippen LogP contribution is 2.24. The van der Waals surface area contributed by atoms with Crippen molar-refractivity contribution in [2.45, 2.75) is 43.1 Å². The molecule has 9 heteroatoms. The molecule has 7 nitrogen and oxygen atoms in total. The van der Waals surface area contributed by atoms with Crippen LogP contribution in [0.3, 0.4) is 0 Å². The minimum Gasteiger partial charge on any atom is -0.340 e. The van der Waals surface area contributed by atoms with E-state index in [9.17, 15) is 8.42 Å². The number of sulfonamides is 1.